The molecule has 0 nitrogen and oxygen atoms in total. The topological polar surface area (TPSA) is 0 Å². The molecule has 0 aromatic heterocycles. The highest BCUT2D eigenvalue weighted by atomic mass is 28.3. The molecule has 0 saturated carbocycles. The van der Waals surface area contributed by atoms with E-state index in [2.05, 4.69) is 72.9 Å². The molecule has 0 spiro atoms. The lowest BCUT2D eigenvalue weighted by atomic mass is 10.4. The van der Waals surface area contributed by atoms with E-state index in [-0.39, 0.29) is 4.70 Å². The fourth-order valence-electron chi connectivity index (χ4n) is 1.79. The molecule has 0 aliphatic rings. The van der Waals surface area contributed by atoms with Crippen LogP contribution >= 0.6 is 0 Å². The van der Waals surface area contributed by atoms with Crippen molar-refractivity contribution in [2.75, 3.05) is 0 Å². The number of rotatable bonds is 3. The van der Waals surface area contributed by atoms with Gasteiger partial charge in [-0.3, -0.25) is 4.70 Å². The Balaban J connectivity index is 0.00000128. The first kappa shape index (κ1) is 12.4. The maximum absolute atomic E-state index is 3.98. The summed E-state index contributed by atoms with van der Waals surface area (Å²) in [5.41, 5.74) is 2.13. The molecule has 0 aliphatic heterocycles. The van der Waals surface area contributed by atoms with Gasteiger partial charge in [-0.2, -0.15) is 0 Å². The summed E-state index contributed by atoms with van der Waals surface area (Å²) in [7, 11) is -1.17. The highest BCUT2D eigenvalue weighted by molar-refractivity contribution is 6.89. The van der Waals surface area contributed by atoms with E-state index in [9.17, 15) is 0 Å². The molecule has 0 unspecified atom stereocenters. The molecule has 2 aromatic rings. The van der Waals surface area contributed by atoms with Crippen LogP contribution in [0.5, 0.6) is 0 Å². The standard InChI is InChI=1S/C14H14Si.FH/c1-2-15(13-9-5-3-6-10-13)14-11-7-4-8-12-14;/h2-12,15H,1H2;1H. The molecule has 0 fully saturated rings. The van der Waals surface area contributed by atoms with Crippen molar-refractivity contribution in [1.82, 2.24) is 0 Å². The van der Waals surface area contributed by atoms with Crippen LogP contribution in [0.3, 0.4) is 0 Å². The molecule has 0 amide bonds. The largest absolute Gasteiger partial charge is 0.269 e. The number of benzene rings is 2. The van der Waals surface area contributed by atoms with Crippen molar-refractivity contribution in [3.05, 3.63) is 72.9 Å². The van der Waals surface area contributed by atoms with Gasteiger partial charge in [0.25, 0.3) is 0 Å². The molecule has 0 N–H and O–H groups in total. The molecule has 16 heavy (non-hydrogen) atoms. The van der Waals surface area contributed by atoms with Gasteiger partial charge in [-0.25, -0.2) is 0 Å². The van der Waals surface area contributed by atoms with E-state index < -0.39 is 8.80 Å². The summed E-state index contributed by atoms with van der Waals surface area (Å²) in [6.07, 6.45) is 0. The average Bonchev–Trinajstić information content (AvgIpc) is 2.33. The summed E-state index contributed by atoms with van der Waals surface area (Å²) in [4.78, 5) is 0. The second kappa shape index (κ2) is 6.03. The Kier molecular flexibility index (Phi) is 4.67. The van der Waals surface area contributed by atoms with Gasteiger partial charge in [0.1, 0.15) is 8.80 Å². The molecular weight excluding hydrogens is 215 g/mol. The van der Waals surface area contributed by atoms with Gasteiger partial charge in [0.2, 0.25) is 0 Å². The highest BCUT2D eigenvalue weighted by Gasteiger charge is 2.10. The van der Waals surface area contributed by atoms with Gasteiger partial charge in [-0.05, 0) is 0 Å². The normalized spacial score (nSPS) is 9.56. The summed E-state index contributed by atoms with van der Waals surface area (Å²) in [5.74, 6) is 0. The van der Waals surface area contributed by atoms with Crippen LogP contribution in [0.25, 0.3) is 0 Å². The molecule has 0 saturated heterocycles. The summed E-state index contributed by atoms with van der Waals surface area (Å²) >= 11 is 0. The third-order valence-corrected chi connectivity index (χ3v) is 5.23. The number of hydrogen-bond acceptors (Lipinski definition) is 0. The molecule has 0 atom stereocenters. The monoisotopic (exact) mass is 230 g/mol. The molecule has 0 aliphatic carbocycles. The van der Waals surface area contributed by atoms with Crippen LogP contribution in [-0.2, 0) is 0 Å². The first-order valence-electron chi connectivity index (χ1n) is 5.14. The molecule has 0 radical (unpaired) electrons. The Morgan fingerprint density at radius 2 is 1.12 bits per heavy atom. The zero-order valence-electron chi connectivity index (χ0n) is 9.04. The van der Waals surface area contributed by atoms with E-state index in [0.29, 0.717) is 0 Å². The first-order chi connectivity index (χ1) is 7.42. The van der Waals surface area contributed by atoms with E-state index in [1.165, 1.54) is 10.4 Å². The average molecular weight is 230 g/mol. The lowest BCUT2D eigenvalue weighted by Gasteiger charge is -2.11. The molecule has 82 valence electrons. The van der Waals surface area contributed by atoms with Crippen molar-refractivity contribution in [2.45, 2.75) is 0 Å². The third-order valence-electron chi connectivity index (χ3n) is 2.55. The lowest BCUT2D eigenvalue weighted by molar-refractivity contribution is 1.11. The third kappa shape index (κ3) is 2.67. The van der Waals surface area contributed by atoms with Gasteiger partial charge >= 0.3 is 0 Å². The fraction of sp³-hybridized carbons (Fsp3) is 0. The predicted octanol–water partition coefficient (Wildman–Crippen LogP) is 1.91. The number of halogens is 1. The van der Waals surface area contributed by atoms with Crippen LogP contribution in [0.1, 0.15) is 0 Å². The first-order valence-corrected chi connectivity index (χ1v) is 6.96. The van der Waals surface area contributed by atoms with E-state index in [0.717, 1.165) is 0 Å². The maximum atomic E-state index is 3.98. The lowest BCUT2D eigenvalue weighted by Crippen LogP contribution is -2.40. The van der Waals surface area contributed by atoms with Crippen LogP contribution in [0.4, 0.5) is 4.70 Å². The van der Waals surface area contributed by atoms with Crippen LogP contribution in [-0.4, -0.2) is 8.80 Å². The minimum atomic E-state index is -1.17. The zero-order valence-corrected chi connectivity index (χ0v) is 10.2. The van der Waals surface area contributed by atoms with Gasteiger partial charge in [0.05, 0.1) is 0 Å². The van der Waals surface area contributed by atoms with Gasteiger partial charge < -0.3 is 0 Å². The smallest absolute Gasteiger partial charge is 0.124 e. The number of hydrogen-bond donors (Lipinski definition) is 0. The summed E-state index contributed by atoms with van der Waals surface area (Å²) < 4.78 is 0. The minimum absolute atomic E-state index is 0. The Hall–Kier alpha value is -1.67. The Morgan fingerprint density at radius 3 is 1.44 bits per heavy atom. The van der Waals surface area contributed by atoms with Crippen molar-refractivity contribution >= 4 is 19.2 Å². The second-order valence-electron chi connectivity index (χ2n) is 3.53. The Bertz CT molecular complexity index is 386. The predicted molar refractivity (Wildman–Crippen MR) is 72.0 cm³/mol. The molecule has 2 rings (SSSR count). The van der Waals surface area contributed by atoms with Crippen LogP contribution in [0.15, 0.2) is 72.9 Å². The minimum Gasteiger partial charge on any atom is -0.269 e. The highest BCUT2D eigenvalue weighted by Crippen LogP contribution is 1.93. The fourth-order valence-corrected chi connectivity index (χ4v) is 3.99. The Labute approximate surface area is 97.2 Å². The van der Waals surface area contributed by atoms with E-state index >= 15 is 0 Å². The van der Waals surface area contributed by atoms with Gasteiger partial charge in [0, 0.05) is 0 Å². The van der Waals surface area contributed by atoms with Crippen LogP contribution in [0, 0.1) is 0 Å². The van der Waals surface area contributed by atoms with E-state index in [1.807, 2.05) is 0 Å². The molecule has 2 heteroatoms. The van der Waals surface area contributed by atoms with Crippen molar-refractivity contribution in [3.63, 3.8) is 0 Å². The van der Waals surface area contributed by atoms with Crippen molar-refractivity contribution in [2.24, 2.45) is 0 Å². The van der Waals surface area contributed by atoms with Gasteiger partial charge in [-0.1, -0.05) is 76.7 Å². The zero-order chi connectivity index (χ0) is 10.5. The van der Waals surface area contributed by atoms with Crippen molar-refractivity contribution < 1.29 is 4.70 Å². The second-order valence-corrected chi connectivity index (χ2v) is 6.29. The molecule has 2 aromatic carbocycles. The summed E-state index contributed by atoms with van der Waals surface area (Å²) in [5, 5.41) is 2.86. The molecule has 0 heterocycles. The summed E-state index contributed by atoms with van der Waals surface area (Å²) in [6, 6.07) is 21.3. The van der Waals surface area contributed by atoms with E-state index in [4.69, 9.17) is 0 Å². The van der Waals surface area contributed by atoms with Crippen LogP contribution in [0.2, 0.25) is 0 Å². The van der Waals surface area contributed by atoms with Gasteiger partial charge in [-0.15, -0.1) is 6.58 Å². The van der Waals surface area contributed by atoms with Gasteiger partial charge in [0.15, 0.2) is 0 Å². The molecule has 0 bridgehead atoms. The Morgan fingerprint density at radius 1 is 0.750 bits per heavy atom. The summed E-state index contributed by atoms with van der Waals surface area (Å²) in [6.45, 7) is 3.98. The van der Waals surface area contributed by atoms with Crippen molar-refractivity contribution in [1.29, 1.82) is 0 Å². The van der Waals surface area contributed by atoms with E-state index in [1.54, 1.807) is 0 Å². The maximum Gasteiger partial charge on any atom is 0.124 e. The van der Waals surface area contributed by atoms with Crippen LogP contribution < -0.4 is 10.4 Å². The SMILES string of the molecule is C=C[SiH](c1ccccc1)c1ccccc1.F. The quantitative estimate of drug-likeness (QED) is 0.707. The molecular formula is C14H15FSi. The van der Waals surface area contributed by atoms with Crippen molar-refractivity contribution in [3.8, 4) is 0 Å².